The van der Waals surface area contributed by atoms with Crippen molar-refractivity contribution >= 4 is 12.2 Å². The monoisotopic (exact) mass is 704 g/mol. The lowest BCUT2D eigenvalue weighted by Crippen LogP contribution is -2.36. The minimum Gasteiger partial charge on any atom is -0.393 e. The number of aliphatic hydroxyl groups excluding tert-OH is 2. The van der Waals surface area contributed by atoms with Crippen molar-refractivity contribution in [3.05, 3.63) is 132 Å². The van der Waals surface area contributed by atoms with Crippen LogP contribution in [0.1, 0.15) is 87.7 Å². The number of benzene rings is 2. The maximum atomic E-state index is 13.2. The summed E-state index contributed by atoms with van der Waals surface area (Å²) in [6.07, 6.45) is 20.6. The molecule has 0 saturated heterocycles. The Bertz CT molecular complexity index is 1850. The molecule has 2 aromatic heterocycles. The van der Waals surface area contributed by atoms with E-state index >= 15 is 0 Å². The van der Waals surface area contributed by atoms with E-state index in [1.807, 2.05) is 33.9 Å². The van der Waals surface area contributed by atoms with Gasteiger partial charge in [0.1, 0.15) is 11.6 Å². The molecule has 0 unspecified atom stereocenters. The van der Waals surface area contributed by atoms with Crippen LogP contribution in [-0.2, 0) is 12.8 Å². The van der Waals surface area contributed by atoms with E-state index in [9.17, 15) is 19.0 Å². The molecule has 6 atom stereocenters. The van der Waals surface area contributed by atoms with E-state index in [0.717, 1.165) is 87.0 Å². The summed E-state index contributed by atoms with van der Waals surface area (Å²) >= 11 is 0. The number of hydrogen-bond acceptors (Lipinski definition) is 4. The van der Waals surface area contributed by atoms with Crippen LogP contribution >= 0.6 is 0 Å². The number of halogens is 2. The van der Waals surface area contributed by atoms with E-state index < -0.39 is 0 Å². The van der Waals surface area contributed by atoms with Crippen LogP contribution in [0, 0.1) is 34.3 Å². The summed E-state index contributed by atoms with van der Waals surface area (Å²) in [5.74, 6) is 0.0627. The second-order valence-corrected chi connectivity index (χ2v) is 15.6. The lowest BCUT2D eigenvalue weighted by Gasteiger charge is -2.38. The van der Waals surface area contributed by atoms with Gasteiger partial charge in [-0.25, -0.2) is 18.1 Å². The van der Waals surface area contributed by atoms with Gasteiger partial charge in [-0.1, -0.05) is 37.1 Å². The molecule has 0 amide bonds. The molecule has 4 aliphatic rings. The topological polar surface area (TPSA) is 76.1 Å². The van der Waals surface area contributed by atoms with Crippen molar-refractivity contribution in [2.24, 2.45) is 22.7 Å². The molecular weight excluding hydrogens is 655 g/mol. The third kappa shape index (κ3) is 6.56. The molecule has 0 bridgehead atoms. The first-order valence-electron chi connectivity index (χ1n) is 18.7. The van der Waals surface area contributed by atoms with Gasteiger partial charge in [0.05, 0.1) is 47.4 Å². The molecule has 2 fully saturated rings. The Morgan fingerprint density at radius 1 is 0.712 bits per heavy atom. The molecule has 2 aromatic carbocycles. The normalized spacial score (nSPS) is 25.3. The Morgan fingerprint density at radius 3 is 1.46 bits per heavy atom. The molecule has 6 nitrogen and oxygen atoms in total. The zero-order valence-corrected chi connectivity index (χ0v) is 30.3. The largest absolute Gasteiger partial charge is 0.393 e. The first-order chi connectivity index (χ1) is 25.1. The van der Waals surface area contributed by atoms with Crippen molar-refractivity contribution in [1.82, 2.24) is 19.6 Å². The molecule has 0 spiro atoms. The third-order valence-electron chi connectivity index (χ3n) is 12.5. The highest BCUT2D eigenvalue weighted by Gasteiger charge is 2.49. The number of fused-ring (bicyclic) bond motifs is 4. The Morgan fingerprint density at radius 2 is 1.10 bits per heavy atom. The zero-order valence-electron chi connectivity index (χ0n) is 30.3. The highest BCUT2D eigenvalue weighted by molar-refractivity contribution is 5.63. The van der Waals surface area contributed by atoms with Gasteiger partial charge in [0.2, 0.25) is 0 Å². The molecule has 52 heavy (non-hydrogen) atoms. The molecule has 2 heterocycles. The van der Waals surface area contributed by atoms with E-state index in [-0.39, 0.29) is 46.5 Å². The Balaban J connectivity index is 0.000000162. The van der Waals surface area contributed by atoms with Crippen LogP contribution in [0.25, 0.3) is 23.5 Å². The van der Waals surface area contributed by atoms with E-state index in [2.05, 4.69) is 49.4 Å². The molecule has 2 saturated carbocycles. The van der Waals surface area contributed by atoms with Crippen molar-refractivity contribution in [3.63, 3.8) is 0 Å². The average Bonchev–Trinajstić information content (AvgIpc) is 3.90. The van der Waals surface area contributed by atoms with E-state index in [1.54, 1.807) is 24.3 Å². The van der Waals surface area contributed by atoms with Gasteiger partial charge in [-0.05, 0) is 159 Å². The predicted molar refractivity (Wildman–Crippen MR) is 203 cm³/mol. The van der Waals surface area contributed by atoms with Crippen LogP contribution in [0.15, 0.2) is 97.4 Å². The summed E-state index contributed by atoms with van der Waals surface area (Å²) in [5, 5.41) is 30.5. The zero-order chi connectivity index (χ0) is 36.6. The Labute approximate surface area is 305 Å². The Hall–Kier alpha value is -4.40. The SMILES string of the molecule is C=CCC[C@@H](O)[C@H]1CCC2=Cc3c(cnn3-c3ccc(F)cc3)C[C@@]21C.C=CCC[C@H](O)[C@H]1CCC2=Cc3c(cnn3-c3ccc(F)cc3)C[C@@]21C. The van der Waals surface area contributed by atoms with E-state index in [4.69, 9.17) is 0 Å². The van der Waals surface area contributed by atoms with Gasteiger partial charge >= 0.3 is 0 Å². The van der Waals surface area contributed by atoms with Crippen LogP contribution in [0.3, 0.4) is 0 Å². The number of nitrogens with zero attached hydrogens (tertiary/aromatic N) is 4. The molecule has 0 aliphatic heterocycles. The van der Waals surface area contributed by atoms with Crippen molar-refractivity contribution in [3.8, 4) is 11.4 Å². The molecule has 8 heteroatoms. The quantitative estimate of drug-likeness (QED) is 0.161. The van der Waals surface area contributed by atoms with Gasteiger partial charge in [-0.2, -0.15) is 10.2 Å². The smallest absolute Gasteiger partial charge is 0.123 e. The van der Waals surface area contributed by atoms with Crippen LogP contribution < -0.4 is 0 Å². The fourth-order valence-electron chi connectivity index (χ4n) is 9.54. The standard InChI is InChI=1S/2C22H25FN2O/c2*1-3-4-5-21(26)19-11-6-16-12-20-15(13-22(16,19)2)14-24-25(20)18-9-7-17(23)8-10-18/h2*3,7-10,12,14,19,21,26H,1,4-6,11,13H2,2H3/t19-,21+,22+;19-,21-,22+/m11/s1. The minimum atomic E-state index is -0.294. The average molecular weight is 705 g/mol. The van der Waals surface area contributed by atoms with Crippen LogP contribution in [0.4, 0.5) is 8.78 Å². The van der Waals surface area contributed by atoms with Gasteiger partial charge in [-0.3, -0.25) is 0 Å². The van der Waals surface area contributed by atoms with E-state index in [0.29, 0.717) is 0 Å². The summed E-state index contributed by atoms with van der Waals surface area (Å²) in [4.78, 5) is 0. The minimum absolute atomic E-state index is 0.00968. The second kappa shape index (κ2) is 14.6. The molecule has 272 valence electrons. The summed E-state index contributed by atoms with van der Waals surface area (Å²) in [5.41, 5.74) is 9.09. The number of hydrogen-bond donors (Lipinski definition) is 2. The summed E-state index contributed by atoms with van der Waals surface area (Å²) in [6.45, 7) is 12.1. The lowest BCUT2D eigenvalue weighted by atomic mass is 9.67. The van der Waals surface area contributed by atoms with Crippen molar-refractivity contribution in [1.29, 1.82) is 0 Å². The second-order valence-electron chi connectivity index (χ2n) is 15.6. The highest BCUT2D eigenvalue weighted by Crippen LogP contribution is 2.56. The molecular formula is C44H50F2N4O2. The van der Waals surface area contributed by atoms with Crippen molar-refractivity contribution in [2.45, 2.75) is 90.3 Å². The summed E-state index contributed by atoms with van der Waals surface area (Å²) < 4.78 is 30.2. The molecule has 4 aliphatic carbocycles. The maximum Gasteiger partial charge on any atom is 0.123 e. The number of rotatable bonds is 10. The summed E-state index contributed by atoms with van der Waals surface area (Å²) in [6, 6.07) is 12.9. The lowest BCUT2D eigenvalue weighted by molar-refractivity contribution is 0.0502. The molecule has 2 N–H and O–H groups in total. The number of aliphatic hydroxyl groups is 2. The van der Waals surface area contributed by atoms with Crippen LogP contribution in [0.2, 0.25) is 0 Å². The van der Waals surface area contributed by atoms with Gasteiger partial charge in [0.25, 0.3) is 0 Å². The third-order valence-corrected chi connectivity index (χ3v) is 12.5. The van der Waals surface area contributed by atoms with Gasteiger partial charge < -0.3 is 10.2 Å². The fourth-order valence-corrected chi connectivity index (χ4v) is 9.54. The number of aromatic nitrogens is 4. The van der Waals surface area contributed by atoms with Gasteiger partial charge in [0.15, 0.2) is 0 Å². The van der Waals surface area contributed by atoms with E-state index in [1.165, 1.54) is 46.5 Å². The van der Waals surface area contributed by atoms with Crippen molar-refractivity contribution in [2.75, 3.05) is 0 Å². The summed E-state index contributed by atoms with van der Waals surface area (Å²) in [7, 11) is 0. The highest BCUT2D eigenvalue weighted by atomic mass is 19.1. The predicted octanol–water partition coefficient (Wildman–Crippen LogP) is 9.39. The van der Waals surface area contributed by atoms with Gasteiger partial charge in [0, 0.05) is 0 Å². The molecule has 0 radical (unpaired) electrons. The van der Waals surface area contributed by atoms with Gasteiger partial charge in [-0.15, -0.1) is 13.2 Å². The van der Waals surface area contributed by atoms with Crippen LogP contribution in [0.5, 0.6) is 0 Å². The molecule has 8 rings (SSSR count). The maximum absolute atomic E-state index is 13.2. The first kappa shape index (κ1) is 36.0. The fraction of sp³-hybridized carbons (Fsp3) is 0.409. The number of allylic oxidation sites excluding steroid dienone is 4. The van der Waals surface area contributed by atoms with Crippen LogP contribution in [-0.4, -0.2) is 42.0 Å². The molecule has 4 aromatic rings. The first-order valence-corrected chi connectivity index (χ1v) is 18.7. The Kier molecular flexibility index (Phi) is 10.1. The van der Waals surface area contributed by atoms with Crippen molar-refractivity contribution < 1.29 is 19.0 Å².